The van der Waals surface area contributed by atoms with Crippen molar-refractivity contribution in [1.29, 1.82) is 0 Å². The number of fused-ring (bicyclic) bond motifs is 21. The van der Waals surface area contributed by atoms with Crippen LogP contribution < -0.4 is 0 Å². The second-order valence-electron chi connectivity index (χ2n) is 21.4. The Bertz CT molecular complexity index is 5500. The summed E-state index contributed by atoms with van der Waals surface area (Å²) in [6.45, 7) is 0. The Hall–Kier alpha value is -11.0. The van der Waals surface area contributed by atoms with Gasteiger partial charge in [-0.3, -0.25) is 4.57 Å². The highest BCUT2D eigenvalue weighted by Crippen LogP contribution is 2.43. The molecule has 18 rings (SSSR count). The van der Waals surface area contributed by atoms with Crippen molar-refractivity contribution < 1.29 is 4.42 Å². The topological polar surface area (TPSA) is 61.7 Å². The van der Waals surface area contributed by atoms with Crippen molar-refractivity contribution in [2.24, 2.45) is 0 Å². The second-order valence-corrected chi connectivity index (χ2v) is 21.4. The largest absolute Gasteiger partial charge is 0.454 e. The first kappa shape index (κ1) is 44.1. The van der Waals surface area contributed by atoms with Crippen LogP contribution in [-0.2, 0) is 0 Å². The van der Waals surface area contributed by atoms with Crippen LogP contribution in [0.5, 0.6) is 0 Å². The minimum Gasteiger partial charge on any atom is -0.454 e. The average Bonchev–Trinajstić information content (AvgIpc) is 4.31. The summed E-state index contributed by atoms with van der Waals surface area (Å²) in [5, 5.41) is 21.3. The molecule has 18 aromatic rings. The Kier molecular flexibility index (Phi) is 9.13. The van der Waals surface area contributed by atoms with Gasteiger partial charge in [-0.25, -0.2) is 4.98 Å². The van der Waals surface area contributed by atoms with Crippen LogP contribution in [0.3, 0.4) is 0 Å². The lowest BCUT2D eigenvalue weighted by Gasteiger charge is -2.14. The Morgan fingerprint density at radius 2 is 0.593 bits per heavy atom. The molecule has 4 heterocycles. The van der Waals surface area contributed by atoms with Crippen LogP contribution >= 0.6 is 0 Å². The normalized spacial score (nSPS) is 12.2. The molecule has 0 amide bonds. The molecule has 0 aliphatic rings. The van der Waals surface area contributed by atoms with Gasteiger partial charge in [-0.05, 0) is 136 Å². The zero-order chi connectivity index (χ0) is 52.9. The van der Waals surface area contributed by atoms with Gasteiger partial charge in [0, 0.05) is 43.4 Å². The lowest BCUT2D eigenvalue weighted by atomic mass is 9.93. The van der Waals surface area contributed by atoms with E-state index in [1.165, 1.54) is 64.6 Å². The molecule has 0 N–H and O–H groups in total. The van der Waals surface area contributed by atoms with Gasteiger partial charge in [0.1, 0.15) is 5.58 Å². The molecule has 0 spiro atoms. The Balaban J connectivity index is 0.841. The van der Waals surface area contributed by atoms with E-state index in [1.807, 2.05) is 12.1 Å². The molecular weight excluding hydrogens is 987 g/mol. The molecule has 81 heavy (non-hydrogen) atoms. The van der Waals surface area contributed by atoms with Gasteiger partial charge in [-0.2, -0.15) is 9.97 Å². The highest BCUT2D eigenvalue weighted by atomic mass is 16.3. The molecule has 0 fully saturated rings. The number of hydrogen-bond donors (Lipinski definition) is 0. The Morgan fingerprint density at radius 1 is 0.235 bits per heavy atom. The lowest BCUT2D eigenvalue weighted by molar-refractivity contribution is 0.666. The smallest absolute Gasteiger partial charge is 0.238 e. The summed E-state index contributed by atoms with van der Waals surface area (Å²) < 4.78 is 11.2. The predicted molar refractivity (Wildman–Crippen MR) is 337 cm³/mol. The number of furan rings is 1. The molecule has 0 aliphatic carbocycles. The fraction of sp³-hybridized carbons (Fsp3) is 0. The van der Waals surface area contributed by atoms with E-state index in [0.29, 0.717) is 17.6 Å². The van der Waals surface area contributed by atoms with Crippen LogP contribution in [0.2, 0.25) is 0 Å². The van der Waals surface area contributed by atoms with E-state index in [0.717, 1.165) is 93.5 Å². The third-order valence-electron chi connectivity index (χ3n) is 17.1. The fourth-order valence-electron chi connectivity index (χ4n) is 13.5. The van der Waals surface area contributed by atoms with Crippen LogP contribution in [0.1, 0.15) is 0 Å². The minimum absolute atomic E-state index is 0.551. The molecule has 4 aromatic heterocycles. The first-order valence-electron chi connectivity index (χ1n) is 27.6. The summed E-state index contributed by atoms with van der Waals surface area (Å²) in [5.41, 5.74) is 11.1. The first-order valence-corrected chi connectivity index (χ1v) is 27.6. The van der Waals surface area contributed by atoms with Crippen molar-refractivity contribution in [2.75, 3.05) is 0 Å². The van der Waals surface area contributed by atoms with Crippen molar-refractivity contribution in [3.05, 3.63) is 261 Å². The maximum absolute atomic E-state index is 6.62. The molecule has 0 unspecified atom stereocenters. The van der Waals surface area contributed by atoms with Crippen LogP contribution in [0.25, 0.3) is 176 Å². The van der Waals surface area contributed by atoms with Crippen LogP contribution in [0.4, 0.5) is 0 Å². The van der Waals surface area contributed by atoms with Gasteiger partial charge in [-0.15, -0.1) is 0 Å². The van der Waals surface area contributed by atoms with Gasteiger partial charge in [0.2, 0.25) is 5.95 Å². The summed E-state index contributed by atoms with van der Waals surface area (Å²) in [4.78, 5) is 16.5. The van der Waals surface area contributed by atoms with Gasteiger partial charge in [0.15, 0.2) is 17.2 Å². The minimum atomic E-state index is 0.551. The van der Waals surface area contributed by atoms with Crippen molar-refractivity contribution >= 4 is 130 Å². The Labute approximate surface area is 462 Å². The monoisotopic (exact) mass is 1030 g/mol. The lowest BCUT2D eigenvalue weighted by Crippen LogP contribution is -2.06. The quantitative estimate of drug-likeness (QED) is 0.161. The van der Waals surface area contributed by atoms with E-state index >= 15 is 0 Å². The molecule has 0 saturated heterocycles. The molecule has 0 saturated carbocycles. The summed E-state index contributed by atoms with van der Waals surface area (Å²) in [5.74, 6) is 1.75. The van der Waals surface area contributed by atoms with Gasteiger partial charge in [-0.1, -0.05) is 200 Å². The van der Waals surface area contributed by atoms with E-state index in [2.05, 4.69) is 258 Å². The van der Waals surface area contributed by atoms with Gasteiger partial charge < -0.3 is 8.98 Å². The van der Waals surface area contributed by atoms with Crippen LogP contribution in [0, 0.1) is 0 Å². The highest BCUT2D eigenvalue weighted by Gasteiger charge is 2.22. The van der Waals surface area contributed by atoms with Gasteiger partial charge >= 0.3 is 0 Å². The van der Waals surface area contributed by atoms with E-state index in [4.69, 9.17) is 19.4 Å². The van der Waals surface area contributed by atoms with Crippen molar-refractivity contribution in [3.8, 4) is 45.5 Å². The third-order valence-corrected chi connectivity index (χ3v) is 17.1. The predicted octanol–water partition coefficient (Wildman–Crippen LogP) is 19.9. The van der Waals surface area contributed by atoms with Crippen molar-refractivity contribution in [1.82, 2.24) is 24.1 Å². The zero-order valence-electron chi connectivity index (χ0n) is 43.5. The highest BCUT2D eigenvalue weighted by molar-refractivity contribution is 6.27. The van der Waals surface area contributed by atoms with Gasteiger partial charge in [0.05, 0.1) is 27.8 Å². The van der Waals surface area contributed by atoms with Crippen LogP contribution in [-0.4, -0.2) is 24.1 Å². The number of nitrogens with zero attached hydrogens (tertiary/aromatic N) is 5. The number of rotatable bonds is 5. The molecule has 14 aromatic carbocycles. The van der Waals surface area contributed by atoms with E-state index < -0.39 is 0 Å². The Morgan fingerprint density at radius 3 is 1.10 bits per heavy atom. The second kappa shape index (κ2) is 16.8. The summed E-state index contributed by atoms with van der Waals surface area (Å²) in [6.07, 6.45) is 0. The zero-order valence-corrected chi connectivity index (χ0v) is 43.5. The van der Waals surface area contributed by atoms with E-state index in [-0.39, 0.29) is 0 Å². The molecule has 6 nitrogen and oxygen atoms in total. The molecule has 0 atom stereocenters. The number of hydrogen-bond acceptors (Lipinski definition) is 4. The standard InChI is InChI=1S/C75H43N5O/c1-3-20-52-48(16-1)50-18-5-7-22-54(50)62-42-46(32-36-56(52)62)73-76-74(47-33-37-57-53-21-4-2-17-49(53)51-19-6-8-23-55(51)63(57)43-47)78-75(77-73)80-67-29-13-10-25-59(67)65-41-45(35-39-69(65)80)44-34-38-68-64(40-44)58-24-9-12-28-66(58)79(68)70-30-15-27-61-60-26-11-14-31-71(60)81-72(61)70/h1-43H. The average molecular weight is 1030 g/mol. The number of para-hydroxylation sites is 4. The van der Waals surface area contributed by atoms with Crippen molar-refractivity contribution in [3.63, 3.8) is 0 Å². The maximum Gasteiger partial charge on any atom is 0.238 e. The molecule has 0 radical (unpaired) electrons. The molecule has 0 aliphatic heterocycles. The molecule has 374 valence electrons. The molecule has 0 bridgehead atoms. The van der Waals surface area contributed by atoms with E-state index in [1.54, 1.807) is 0 Å². The first-order chi connectivity index (χ1) is 40.2. The number of benzene rings is 14. The molecular formula is C75H43N5O. The molecule has 6 heteroatoms. The van der Waals surface area contributed by atoms with E-state index in [9.17, 15) is 0 Å². The summed E-state index contributed by atoms with van der Waals surface area (Å²) in [7, 11) is 0. The number of aromatic nitrogens is 5. The van der Waals surface area contributed by atoms with Crippen LogP contribution in [0.15, 0.2) is 265 Å². The fourth-order valence-corrected chi connectivity index (χ4v) is 13.5. The summed E-state index contributed by atoms with van der Waals surface area (Å²) >= 11 is 0. The van der Waals surface area contributed by atoms with Crippen molar-refractivity contribution in [2.45, 2.75) is 0 Å². The SMILES string of the molecule is c1ccc2c(c1)oc1c(-n3c4ccccc4c4cc(-c5ccc6c(c5)c5ccccc5n6-c5nc(-c6ccc7c8ccccc8c8ccccc8c7c6)nc(-c6ccc7c8ccccc8c8ccccc8c7c6)n5)ccc43)cccc12. The third kappa shape index (κ3) is 6.41. The maximum atomic E-state index is 6.62. The van der Waals surface area contributed by atoms with Gasteiger partial charge in [0.25, 0.3) is 0 Å². The summed E-state index contributed by atoms with van der Waals surface area (Å²) in [6, 6.07) is 94.0.